The Morgan fingerprint density at radius 3 is 2.36 bits per heavy atom. The molecule has 11 heavy (non-hydrogen) atoms. The van der Waals surface area contributed by atoms with Gasteiger partial charge in [0.2, 0.25) is 0 Å². The third-order valence-corrected chi connectivity index (χ3v) is 3.56. The highest BCUT2D eigenvalue weighted by molar-refractivity contribution is 7.74. The molecule has 1 aliphatic carbocycles. The third kappa shape index (κ3) is 1.55. The van der Waals surface area contributed by atoms with E-state index in [4.69, 9.17) is 11.5 Å². The van der Waals surface area contributed by atoms with Gasteiger partial charge in [-0.15, -0.1) is 0 Å². The van der Waals surface area contributed by atoms with E-state index in [9.17, 15) is 8.42 Å². The maximum absolute atomic E-state index is 10.7. The lowest BCUT2D eigenvalue weighted by molar-refractivity contribution is 0.338. The summed E-state index contributed by atoms with van der Waals surface area (Å²) in [5.41, 5.74) is 11.2. The Labute approximate surface area is 67.9 Å². The van der Waals surface area contributed by atoms with Gasteiger partial charge in [0.25, 0.3) is 0 Å². The minimum atomic E-state index is -2.59. The molecule has 0 amide bonds. The molecule has 1 fully saturated rings. The zero-order valence-electron chi connectivity index (χ0n) is 6.32. The summed E-state index contributed by atoms with van der Waals surface area (Å²) in [7, 11) is -2.59. The largest absolute Gasteiger partial charge is 0.325 e. The summed E-state index contributed by atoms with van der Waals surface area (Å²) in [6, 6.07) is -0.377. The molecule has 0 aliphatic heterocycles. The number of rotatable bonds is 1. The molecule has 1 rings (SSSR count). The molecule has 0 radical (unpaired) electrons. The predicted molar refractivity (Wildman–Crippen MR) is 43.7 cm³/mol. The molecule has 2 unspecified atom stereocenters. The first-order valence-electron chi connectivity index (χ1n) is 3.76. The van der Waals surface area contributed by atoms with Crippen LogP contribution in [0.3, 0.4) is 0 Å². The van der Waals surface area contributed by atoms with E-state index in [1.807, 2.05) is 0 Å². The Hall–Kier alpha value is -0.130. The molecule has 0 spiro atoms. The van der Waals surface area contributed by atoms with Gasteiger partial charge in [0.15, 0.2) is 10.7 Å². The summed E-state index contributed by atoms with van der Waals surface area (Å²) in [5, 5.41) is 0. The van der Waals surface area contributed by atoms with Gasteiger partial charge >= 0.3 is 0 Å². The first kappa shape index (κ1) is 8.96. The minimum Gasteiger partial charge on any atom is -0.325 e. The van der Waals surface area contributed by atoms with Crippen molar-refractivity contribution in [3.05, 3.63) is 0 Å². The summed E-state index contributed by atoms with van der Waals surface area (Å²) in [6.07, 6.45) is 3.09. The van der Waals surface area contributed by atoms with Crippen molar-refractivity contribution < 1.29 is 8.42 Å². The van der Waals surface area contributed by atoms with Gasteiger partial charge in [-0.2, -0.15) is 0 Å². The Balaban J connectivity index is 2.81. The Morgan fingerprint density at radius 2 is 2.00 bits per heavy atom. The Bertz CT molecular complexity index is 209. The number of hydrogen-bond acceptors (Lipinski definition) is 4. The van der Waals surface area contributed by atoms with Crippen molar-refractivity contribution in [2.24, 2.45) is 11.5 Å². The SMILES string of the molecule is NC1CCCCC1(N)[SH](=O)=O. The van der Waals surface area contributed by atoms with Crippen molar-refractivity contribution in [1.29, 1.82) is 0 Å². The fourth-order valence-corrected chi connectivity index (χ4v) is 2.18. The first-order valence-corrected chi connectivity index (χ1v) is 4.94. The molecule has 0 heterocycles. The summed E-state index contributed by atoms with van der Waals surface area (Å²) in [5.74, 6) is 0. The summed E-state index contributed by atoms with van der Waals surface area (Å²) >= 11 is 0. The van der Waals surface area contributed by atoms with Gasteiger partial charge in [-0.05, 0) is 12.8 Å². The normalized spacial score (nSPS) is 39.4. The number of thiol groups is 1. The van der Waals surface area contributed by atoms with E-state index in [1.54, 1.807) is 0 Å². The lowest BCUT2D eigenvalue weighted by atomic mass is 9.91. The molecule has 0 aromatic carbocycles. The van der Waals surface area contributed by atoms with Crippen LogP contribution in [-0.2, 0) is 10.7 Å². The molecule has 66 valence electrons. The van der Waals surface area contributed by atoms with Crippen LogP contribution < -0.4 is 11.5 Å². The average Bonchev–Trinajstić information content (AvgIpc) is 1.95. The molecule has 0 bridgehead atoms. The fourth-order valence-electron chi connectivity index (χ4n) is 1.43. The molecular weight excluding hydrogens is 164 g/mol. The van der Waals surface area contributed by atoms with E-state index >= 15 is 0 Å². The van der Waals surface area contributed by atoms with Gasteiger partial charge < -0.3 is 11.5 Å². The van der Waals surface area contributed by atoms with Crippen molar-refractivity contribution in [3.63, 3.8) is 0 Å². The highest BCUT2D eigenvalue weighted by Gasteiger charge is 2.37. The Morgan fingerprint density at radius 1 is 1.36 bits per heavy atom. The van der Waals surface area contributed by atoms with Crippen LogP contribution in [0, 0.1) is 0 Å². The van der Waals surface area contributed by atoms with Crippen molar-refractivity contribution in [1.82, 2.24) is 0 Å². The maximum Gasteiger partial charge on any atom is 0.160 e. The highest BCUT2D eigenvalue weighted by atomic mass is 32.2. The number of hydrogen-bond donors (Lipinski definition) is 3. The van der Waals surface area contributed by atoms with Crippen LogP contribution in [0.4, 0.5) is 0 Å². The number of nitrogens with two attached hydrogens (primary N) is 2. The van der Waals surface area contributed by atoms with Crippen molar-refractivity contribution in [2.45, 2.75) is 36.6 Å². The fraction of sp³-hybridized carbons (Fsp3) is 1.00. The third-order valence-electron chi connectivity index (χ3n) is 2.32. The van der Waals surface area contributed by atoms with Crippen molar-refractivity contribution >= 4 is 10.7 Å². The molecule has 0 aromatic heterocycles. The van der Waals surface area contributed by atoms with Crippen LogP contribution in [0.2, 0.25) is 0 Å². The molecule has 0 saturated heterocycles. The van der Waals surface area contributed by atoms with Crippen molar-refractivity contribution in [3.8, 4) is 0 Å². The maximum atomic E-state index is 10.7. The second-order valence-corrected chi connectivity index (χ2v) is 4.45. The molecular formula is C6H14N2O2S. The smallest absolute Gasteiger partial charge is 0.160 e. The van der Waals surface area contributed by atoms with E-state index in [0.29, 0.717) is 6.42 Å². The van der Waals surface area contributed by atoms with Crippen LogP contribution in [0.5, 0.6) is 0 Å². The summed E-state index contributed by atoms with van der Waals surface area (Å²) < 4.78 is 21.4. The Kier molecular flexibility index (Phi) is 2.51. The van der Waals surface area contributed by atoms with E-state index in [1.165, 1.54) is 0 Å². The van der Waals surface area contributed by atoms with Crippen molar-refractivity contribution in [2.75, 3.05) is 0 Å². The topological polar surface area (TPSA) is 86.2 Å². The summed E-state index contributed by atoms with van der Waals surface area (Å²) in [6.45, 7) is 0. The van der Waals surface area contributed by atoms with Gasteiger partial charge in [-0.25, -0.2) is 8.42 Å². The van der Waals surface area contributed by atoms with E-state index < -0.39 is 15.6 Å². The van der Waals surface area contributed by atoms with E-state index in [2.05, 4.69) is 0 Å². The van der Waals surface area contributed by atoms with E-state index in [-0.39, 0.29) is 6.04 Å². The molecule has 2 atom stereocenters. The highest BCUT2D eigenvalue weighted by Crippen LogP contribution is 2.25. The molecule has 5 heteroatoms. The quantitative estimate of drug-likeness (QED) is 0.457. The van der Waals surface area contributed by atoms with Gasteiger partial charge in [0.05, 0.1) is 0 Å². The molecule has 0 aromatic rings. The zero-order valence-corrected chi connectivity index (χ0v) is 7.22. The van der Waals surface area contributed by atoms with Gasteiger partial charge in [0.1, 0.15) is 4.87 Å². The summed E-state index contributed by atoms with van der Waals surface area (Å²) in [4.78, 5) is -1.13. The van der Waals surface area contributed by atoms with Gasteiger partial charge in [-0.1, -0.05) is 12.8 Å². The van der Waals surface area contributed by atoms with Gasteiger partial charge in [-0.3, -0.25) is 0 Å². The lowest BCUT2D eigenvalue weighted by Crippen LogP contribution is -2.57. The van der Waals surface area contributed by atoms with E-state index in [0.717, 1.165) is 19.3 Å². The van der Waals surface area contributed by atoms with Crippen LogP contribution in [0.15, 0.2) is 0 Å². The van der Waals surface area contributed by atoms with Crippen LogP contribution in [0.25, 0.3) is 0 Å². The molecule has 1 saturated carbocycles. The molecule has 1 aliphatic rings. The molecule has 4 nitrogen and oxygen atoms in total. The average molecular weight is 178 g/mol. The standard InChI is InChI=1S/C6H14N2O2S/c7-5-3-1-2-4-6(5,8)11(9)10/h5,11H,1-4,7-8H2. The van der Waals surface area contributed by atoms with Crippen LogP contribution >= 0.6 is 0 Å². The van der Waals surface area contributed by atoms with Gasteiger partial charge in [0, 0.05) is 6.04 Å². The van der Waals surface area contributed by atoms with Crippen LogP contribution in [-0.4, -0.2) is 19.3 Å². The second-order valence-electron chi connectivity index (χ2n) is 3.10. The van der Waals surface area contributed by atoms with Crippen LogP contribution in [0.1, 0.15) is 25.7 Å². The lowest BCUT2D eigenvalue weighted by Gasteiger charge is -2.33. The minimum absolute atomic E-state index is 0.377. The monoisotopic (exact) mass is 178 g/mol. The molecule has 4 N–H and O–H groups in total. The first-order chi connectivity index (χ1) is 5.07. The predicted octanol–water partition coefficient (Wildman–Crippen LogP) is -0.846. The zero-order chi connectivity index (χ0) is 8.48. The second kappa shape index (κ2) is 3.08.